The molecule has 0 saturated heterocycles. The van der Waals surface area contributed by atoms with E-state index in [0.29, 0.717) is 16.7 Å². The molecule has 1 aromatic heterocycles. The van der Waals surface area contributed by atoms with Gasteiger partial charge in [0, 0.05) is 10.6 Å². The Balaban J connectivity index is 2.28. The maximum absolute atomic E-state index is 10.3. The average molecular weight is 222 g/mol. The highest BCUT2D eigenvalue weighted by atomic mass is 35.5. The molecule has 0 bridgehead atoms. The Bertz CT molecular complexity index is 462. The predicted molar refractivity (Wildman–Crippen MR) is 56.7 cm³/mol. The molecule has 0 N–H and O–H groups in total. The molecular weight excluding hydrogens is 214 g/mol. The number of aldehydes is 1. The first-order chi connectivity index (χ1) is 7.29. The monoisotopic (exact) mass is 221 g/mol. The SMILES string of the molecule is O=CCc1cnc(-c2ccc(Cl)cc2)o1. The third-order valence-electron chi connectivity index (χ3n) is 1.93. The molecule has 1 heterocycles. The Labute approximate surface area is 91.7 Å². The maximum Gasteiger partial charge on any atom is 0.226 e. The predicted octanol–water partition coefficient (Wildman–Crippen LogP) is 2.74. The Kier molecular flexibility index (Phi) is 2.83. The van der Waals surface area contributed by atoms with Crippen LogP contribution in [0.2, 0.25) is 5.02 Å². The van der Waals surface area contributed by atoms with E-state index in [1.165, 1.54) is 0 Å². The zero-order valence-electron chi connectivity index (χ0n) is 7.81. The first-order valence-electron chi connectivity index (χ1n) is 4.44. The molecule has 0 aliphatic carbocycles. The Hall–Kier alpha value is -1.61. The molecule has 0 aliphatic rings. The highest BCUT2D eigenvalue weighted by molar-refractivity contribution is 6.30. The molecule has 3 nitrogen and oxygen atoms in total. The van der Waals surface area contributed by atoms with Crippen molar-refractivity contribution >= 4 is 17.9 Å². The Morgan fingerprint density at radius 1 is 1.33 bits per heavy atom. The van der Waals surface area contributed by atoms with Gasteiger partial charge in [0.25, 0.3) is 0 Å². The molecule has 4 heteroatoms. The third kappa shape index (κ3) is 2.25. The van der Waals surface area contributed by atoms with E-state index >= 15 is 0 Å². The van der Waals surface area contributed by atoms with Gasteiger partial charge in [0.2, 0.25) is 5.89 Å². The van der Waals surface area contributed by atoms with E-state index in [2.05, 4.69) is 4.98 Å². The molecule has 0 aliphatic heterocycles. The fraction of sp³-hybridized carbons (Fsp3) is 0.0909. The van der Waals surface area contributed by atoms with Crippen LogP contribution in [-0.4, -0.2) is 11.3 Å². The average Bonchev–Trinajstić information content (AvgIpc) is 2.68. The molecule has 0 unspecified atom stereocenters. The van der Waals surface area contributed by atoms with E-state index in [4.69, 9.17) is 16.0 Å². The molecule has 0 amide bonds. The second-order valence-electron chi connectivity index (χ2n) is 3.01. The molecule has 0 fully saturated rings. The van der Waals surface area contributed by atoms with Crippen molar-refractivity contribution in [1.82, 2.24) is 4.98 Å². The van der Waals surface area contributed by atoms with Crippen LogP contribution in [0.25, 0.3) is 11.5 Å². The normalized spacial score (nSPS) is 10.2. The van der Waals surface area contributed by atoms with Gasteiger partial charge >= 0.3 is 0 Å². The number of carbonyl (C=O) groups is 1. The summed E-state index contributed by atoms with van der Waals surface area (Å²) < 4.78 is 5.36. The summed E-state index contributed by atoms with van der Waals surface area (Å²) in [4.78, 5) is 14.3. The molecule has 2 rings (SSSR count). The molecule has 0 radical (unpaired) electrons. The molecule has 0 saturated carbocycles. The number of aromatic nitrogens is 1. The quantitative estimate of drug-likeness (QED) is 0.749. The summed E-state index contributed by atoms with van der Waals surface area (Å²) in [6.07, 6.45) is 2.59. The lowest BCUT2D eigenvalue weighted by molar-refractivity contribution is -0.107. The zero-order valence-corrected chi connectivity index (χ0v) is 8.57. The van der Waals surface area contributed by atoms with Crippen molar-refractivity contribution in [2.75, 3.05) is 0 Å². The van der Waals surface area contributed by atoms with Gasteiger partial charge in [-0.15, -0.1) is 0 Å². The van der Waals surface area contributed by atoms with Crippen LogP contribution in [0.5, 0.6) is 0 Å². The fourth-order valence-corrected chi connectivity index (χ4v) is 1.34. The largest absolute Gasteiger partial charge is 0.441 e. The van der Waals surface area contributed by atoms with Crippen molar-refractivity contribution in [3.63, 3.8) is 0 Å². The number of benzene rings is 1. The topological polar surface area (TPSA) is 43.1 Å². The van der Waals surface area contributed by atoms with Crippen LogP contribution < -0.4 is 0 Å². The van der Waals surface area contributed by atoms with E-state index in [0.717, 1.165) is 11.8 Å². The van der Waals surface area contributed by atoms with Gasteiger partial charge in [0.15, 0.2) is 0 Å². The molecule has 0 atom stereocenters. The number of hydrogen-bond acceptors (Lipinski definition) is 3. The van der Waals surface area contributed by atoms with Gasteiger partial charge in [-0.2, -0.15) is 0 Å². The number of carbonyl (C=O) groups excluding carboxylic acids is 1. The summed E-state index contributed by atoms with van der Waals surface area (Å²) in [5.74, 6) is 1.07. The summed E-state index contributed by atoms with van der Waals surface area (Å²) >= 11 is 5.76. The minimum atomic E-state index is 0.251. The van der Waals surface area contributed by atoms with Crippen molar-refractivity contribution in [2.45, 2.75) is 6.42 Å². The van der Waals surface area contributed by atoms with Gasteiger partial charge in [0.05, 0.1) is 12.6 Å². The van der Waals surface area contributed by atoms with Crippen molar-refractivity contribution in [3.05, 3.63) is 41.2 Å². The van der Waals surface area contributed by atoms with Gasteiger partial charge in [-0.3, -0.25) is 0 Å². The molecule has 0 spiro atoms. The van der Waals surface area contributed by atoms with E-state index in [1.54, 1.807) is 18.3 Å². The highest BCUT2D eigenvalue weighted by Crippen LogP contribution is 2.21. The zero-order chi connectivity index (χ0) is 10.7. The number of oxazole rings is 1. The van der Waals surface area contributed by atoms with Crippen LogP contribution in [0.4, 0.5) is 0 Å². The summed E-state index contributed by atoms with van der Waals surface area (Å²) in [5.41, 5.74) is 0.844. The van der Waals surface area contributed by atoms with Gasteiger partial charge in [-0.25, -0.2) is 4.98 Å². The van der Waals surface area contributed by atoms with E-state index < -0.39 is 0 Å². The van der Waals surface area contributed by atoms with Gasteiger partial charge in [0.1, 0.15) is 12.0 Å². The minimum Gasteiger partial charge on any atom is -0.441 e. The van der Waals surface area contributed by atoms with Crippen molar-refractivity contribution in [3.8, 4) is 11.5 Å². The van der Waals surface area contributed by atoms with E-state index in [-0.39, 0.29) is 6.42 Å². The molecule has 1 aromatic carbocycles. The first-order valence-corrected chi connectivity index (χ1v) is 4.81. The van der Waals surface area contributed by atoms with Crippen molar-refractivity contribution in [1.29, 1.82) is 0 Å². The summed E-state index contributed by atoms with van der Waals surface area (Å²) in [7, 11) is 0. The van der Waals surface area contributed by atoms with Crippen molar-refractivity contribution < 1.29 is 9.21 Å². The van der Waals surface area contributed by atoms with Crippen LogP contribution in [0.15, 0.2) is 34.9 Å². The van der Waals surface area contributed by atoms with Crippen LogP contribution in [0.1, 0.15) is 5.76 Å². The maximum atomic E-state index is 10.3. The molecule has 15 heavy (non-hydrogen) atoms. The molecule has 2 aromatic rings. The lowest BCUT2D eigenvalue weighted by Gasteiger charge is -1.94. The number of hydrogen-bond donors (Lipinski definition) is 0. The number of halogens is 1. The number of rotatable bonds is 3. The smallest absolute Gasteiger partial charge is 0.226 e. The third-order valence-corrected chi connectivity index (χ3v) is 2.18. The van der Waals surface area contributed by atoms with Crippen molar-refractivity contribution in [2.24, 2.45) is 0 Å². The van der Waals surface area contributed by atoms with E-state index in [9.17, 15) is 4.79 Å². The lowest BCUT2D eigenvalue weighted by Crippen LogP contribution is -1.79. The molecular formula is C11H8ClNO2. The fourth-order valence-electron chi connectivity index (χ4n) is 1.21. The summed E-state index contributed by atoms with van der Waals surface area (Å²) in [6, 6.07) is 7.17. The summed E-state index contributed by atoms with van der Waals surface area (Å²) in [6.45, 7) is 0. The Morgan fingerprint density at radius 3 is 2.73 bits per heavy atom. The Morgan fingerprint density at radius 2 is 2.07 bits per heavy atom. The van der Waals surface area contributed by atoms with Gasteiger partial charge < -0.3 is 9.21 Å². The number of nitrogens with zero attached hydrogens (tertiary/aromatic N) is 1. The van der Waals surface area contributed by atoms with Gasteiger partial charge in [-0.1, -0.05) is 11.6 Å². The van der Waals surface area contributed by atoms with Crippen LogP contribution in [0, 0.1) is 0 Å². The minimum absolute atomic E-state index is 0.251. The second kappa shape index (κ2) is 4.28. The van der Waals surface area contributed by atoms with Gasteiger partial charge in [-0.05, 0) is 24.3 Å². The van der Waals surface area contributed by atoms with E-state index in [1.807, 2.05) is 12.1 Å². The van der Waals surface area contributed by atoms with Crippen LogP contribution in [0.3, 0.4) is 0 Å². The standard InChI is InChI=1S/C11H8ClNO2/c12-9-3-1-8(2-4-9)11-13-7-10(15-11)5-6-14/h1-4,6-7H,5H2. The molecule has 76 valence electrons. The van der Waals surface area contributed by atoms with Crippen LogP contribution in [-0.2, 0) is 11.2 Å². The lowest BCUT2D eigenvalue weighted by atomic mass is 10.2. The highest BCUT2D eigenvalue weighted by Gasteiger charge is 2.05. The van der Waals surface area contributed by atoms with Crippen LogP contribution >= 0.6 is 11.6 Å². The first kappa shape index (κ1) is 9.93. The summed E-state index contributed by atoms with van der Waals surface area (Å²) in [5, 5.41) is 0.665. The second-order valence-corrected chi connectivity index (χ2v) is 3.45.